The number of fused-ring (bicyclic) bond motifs is 27. The molecular formula is C84H60. The van der Waals surface area contributed by atoms with Crippen molar-refractivity contribution in [2.75, 3.05) is 0 Å². The molecule has 0 radical (unpaired) electrons. The Bertz CT molecular complexity index is 5400. The molecule has 0 heterocycles. The second kappa shape index (κ2) is 19.2. The van der Waals surface area contributed by atoms with Gasteiger partial charge in [0.25, 0.3) is 0 Å². The summed E-state index contributed by atoms with van der Waals surface area (Å²) in [7, 11) is 0. The fourth-order valence-electron chi connectivity index (χ4n) is 14.4. The highest BCUT2D eigenvalue weighted by atomic mass is 14.2. The number of rotatable bonds is 0. The largest absolute Gasteiger partial charge is 0.0613 e. The maximum atomic E-state index is 2.31. The normalized spacial score (nSPS) is 11.9. The summed E-state index contributed by atoms with van der Waals surface area (Å²) < 4.78 is 0. The third kappa shape index (κ3) is 7.89. The average Bonchev–Trinajstić information content (AvgIpc) is 2.20. The predicted octanol–water partition coefficient (Wildman–Crippen LogP) is 24.2. The molecule has 0 N–H and O–H groups in total. The van der Waals surface area contributed by atoms with Gasteiger partial charge < -0.3 is 0 Å². The molecule has 18 aromatic carbocycles. The molecule has 0 spiro atoms. The fraction of sp³-hybridized carbons (Fsp3) is 0.0714. The third-order valence-corrected chi connectivity index (χ3v) is 18.6. The second-order valence-corrected chi connectivity index (χ2v) is 23.9. The molecule has 0 aliphatic carbocycles. The molecule has 0 saturated heterocycles. The van der Waals surface area contributed by atoms with Crippen molar-refractivity contribution in [1.82, 2.24) is 0 Å². The Labute approximate surface area is 488 Å². The van der Waals surface area contributed by atoms with Gasteiger partial charge in [0, 0.05) is 0 Å². The summed E-state index contributed by atoms with van der Waals surface area (Å²) in [6, 6.07) is 95.1. The van der Waals surface area contributed by atoms with Crippen molar-refractivity contribution in [3.05, 3.63) is 288 Å². The Kier molecular flexibility index (Phi) is 11.4. The third-order valence-electron chi connectivity index (χ3n) is 18.6. The Morgan fingerprint density at radius 2 is 0.321 bits per heavy atom. The minimum atomic E-state index is 1.31. The first-order chi connectivity index (χ1) is 41.1. The summed E-state index contributed by atoms with van der Waals surface area (Å²) in [5.74, 6) is 0. The van der Waals surface area contributed by atoms with Crippen LogP contribution in [0.5, 0.6) is 0 Å². The lowest BCUT2D eigenvalue weighted by atomic mass is 9.91. The maximum absolute atomic E-state index is 2.31. The maximum Gasteiger partial charge on any atom is -0.00987 e. The van der Waals surface area contributed by atoms with Gasteiger partial charge in [-0.3, -0.25) is 0 Å². The summed E-state index contributed by atoms with van der Waals surface area (Å²) in [6.45, 7) is 13.0. The van der Waals surface area contributed by atoms with Gasteiger partial charge in [0.2, 0.25) is 0 Å². The minimum absolute atomic E-state index is 1.31. The van der Waals surface area contributed by atoms with Crippen molar-refractivity contribution in [2.24, 2.45) is 0 Å². The van der Waals surface area contributed by atoms with Crippen LogP contribution in [0, 0.1) is 41.5 Å². The molecule has 0 nitrogen and oxygen atoms in total. The molecule has 0 heteroatoms. The van der Waals surface area contributed by atoms with Crippen molar-refractivity contribution in [1.29, 1.82) is 0 Å². The molecule has 0 atom stereocenters. The van der Waals surface area contributed by atoms with E-state index >= 15 is 0 Å². The molecule has 18 aromatic rings. The number of aryl methyl sites for hydroxylation is 6. The molecule has 18 rings (SSSR count). The van der Waals surface area contributed by atoms with Crippen molar-refractivity contribution >= 4 is 162 Å². The number of benzene rings is 18. The first-order valence-electron chi connectivity index (χ1n) is 29.6. The van der Waals surface area contributed by atoms with E-state index in [1.807, 2.05) is 0 Å². The van der Waals surface area contributed by atoms with Crippen LogP contribution in [0.25, 0.3) is 162 Å². The molecule has 0 amide bonds. The smallest absolute Gasteiger partial charge is 0.00987 e. The zero-order valence-electron chi connectivity index (χ0n) is 48.2. The Balaban J connectivity index is 0.000000103. The van der Waals surface area contributed by atoms with E-state index in [9.17, 15) is 0 Å². The van der Waals surface area contributed by atoms with E-state index in [4.69, 9.17) is 0 Å². The summed E-state index contributed by atoms with van der Waals surface area (Å²) in [6.07, 6.45) is 0. The molecule has 0 aromatic heterocycles. The van der Waals surface area contributed by atoms with Gasteiger partial charge in [0.1, 0.15) is 0 Å². The average molecular weight is 1070 g/mol. The van der Waals surface area contributed by atoms with Crippen LogP contribution in [0.2, 0.25) is 0 Å². The quantitative estimate of drug-likeness (QED) is 0.133. The summed E-state index contributed by atoms with van der Waals surface area (Å²) >= 11 is 0. The van der Waals surface area contributed by atoms with Crippen molar-refractivity contribution in [3.8, 4) is 0 Å². The Morgan fingerprint density at radius 3 is 0.631 bits per heavy atom. The van der Waals surface area contributed by atoms with Crippen LogP contribution in [0.1, 0.15) is 33.4 Å². The summed E-state index contributed by atoms with van der Waals surface area (Å²) in [5, 5.41) is 40.0. The van der Waals surface area contributed by atoms with Crippen LogP contribution >= 0.6 is 0 Å². The van der Waals surface area contributed by atoms with Crippen molar-refractivity contribution < 1.29 is 0 Å². The number of hydrogen-bond acceptors (Lipinski definition) is 0. The standard InChI is InChI=1S/3C28H20/c1-17-3-7-21-19(15-17)5-9-25-23(21)11-13-28-26-10-6-20-16-18(2)4-8-22(20)24(26)12-14-27(25)28;1-17-3-5-19-7-9-21-23-12-14-26-22(24(23)11-13-25(21)27(19)15-17)10-8-20-6-4-18(2)16-28(20)26;1-17-5-3-7-21-19(17)9-11-25-23(21)13-15-28-26-12-10-20-18(2)6-4-8-22(20)24(26)14-16-27(25)28/h3*3-16H,1-2H3. The Morgan fingerprint density at radius 1 is 0.131 bits per heavy atom. The molecule has 396 valence electrons. The lowest BCUT2D eigenvalue weighted by molar-refractivity contribution is 1.51. The van der Waals surface area contributed by atoms with Gasteiger partial charge in [-0.15, -0.1) is 0 Å². The highest BCUT2D eigenvalue weighted by Gasteiger charge is 2.14. The lowest BCUT2D eigenvalue weighted by Crippen LogP contribution is -1.86. The van der Waals surface area contributed by atoms with E-state index in [1.54, 1.807) is 0 Å². The van der Waals surface area contributed by atoms with Gasteiger partial charge in [-0.1, -0.05) is 277 Å². The molecular weight excluding hydrogens is 1010 g/mol. The topological polar surface area (TPSA) is 0 Å². The number of hydrogen-bond donors (Lipinski definition) is 0. The van der Waals surface area contributed by atoms with E-state index in [1.165, 1.54) is 195 Å². The molecule has 0 saturated carbocycles. The molecule has 0 fully saturated rings. The van der Waals surface area contributed by atoms with Gasteiger partial charge in [0.05, 0.1) is 0 Å². The van der Waals surface area contributed by atoms with Crippen LogP contribution in [0.4, 0.5) is 0 Å². The fourth-order valence-corrected chi connectivity index (χ4v) is 14.4. The molecule has 84 heavy (non-hydrogen) atoms. The van der Waals surface area contributed by atoms with E-state index in [-0.39, 0.29) is 0 Å². The van der Waals surface area contributed by atoms with Crippen LogP contribution in [0.15, 0.2) is 255 Å². The lowest BCUT2D eigenvalue weighted by Gasteiger charge is -2.12. The van der Waals surface area contributed by atoms with Gasteiger partial charge in [-0.05, 0) is 214 Å². The SMILES string of the molecule is Cc1ccc2c(ccc3c2ccc2c4ccc5cc(C)ccc5c4ccc32)c1.Cc1ccc2ccc3c(ccc4c5ccc6ccc(C)cc6c5ccc34)c2c1.Cc1cccc2c1ccc1c2ccc2c3ccc4c(C)cccc4c3ccc12. The van der Waals surface area contributed by atoms with E-state index in [0.29, 0.717) is 0 Å². The van der Waals surface area contributed by atoms with Gasteiger partial charge >= 0.3 is 0 Å². The van der Waals surface area contributed by atoms with Crippen molar-refractivity contribution in [3.63, 3.8) is 0 Å². The van der Waals surface area contributed by atoms with Crippen LogP contribution < -0.4 is 0 Å². The van der Waals surface area contributed by atoms with Crippen LogP contribution in [-0.4, -0.2) is 0 Å². The second-order valence-electron chi connectivity index (χ2n) is 23.9. The monoisotopic (exact) mass is 1070 g/mol. The van der Waals surface area contributed by atoms with Gasteiger partial charge in [-0.2, -0.15) is 0 Å². The zero-order chi connectivity index (χ0) is 56.5. The highest BCUT2D eigenvalue weighted by Crippen LogP contribution is 2.41. The molecule has 0 bridgehead atoms. The first kappa shape index (κ1) is 49.7. The van der Waals surface area contributed by atoms with E-state index in [2.05, 4.69) is 296 Å². The van der Waals surface area contributed by atoms with Crippen LogP contribution in [0.3, 0.4) is 0 Å². The highest BCUT2D eigenvalue weighted by molar-refractivity contribution is 6.28. The van der Waals surface area contributed by atoms with Crippen molar-refractivity contribution in [2.45, 2.75) is 41.5 Å². The molecule has 0 unspecified atom stereocenters. The predicted molar refractivity (Wildman–Crippen MR) is 370 cm³/mol. The zero-order valence-corrected chi connectivity index (χ0v) is 48.2. The minimum Gasteiger partial charge on any atom is -0.0613 e. The van der Waals surface area contributed by atoms with Gasteiger partial charge in [-0.25, -0.2) is 0 Å². The molecule has 0 aliphatic rings. The summed E-state index contributed by atoms with van der Waals surface area (Å²) in [4.78, 5) is 0. The first-order valence-corrected chi connectivity index (χ1v) is 29.6. The molecule has 0 aliphatic heterocycles. The van der Waals surface area contributed by atoms with E-state index < -0.39 is 0 Å². The van der Waals surface area contributed by atoms with Crippen LogP contribution in [-0.2, 0) is 0 Å². The van der Waals surface area contributed by atoms with Gasteiger partial charge in [0.15, 0.2) is 0 Å². The summed E-state index contributed by atoms with van der Waals surface area (Å²) in [5.41, 5.74) is 7.89. The Hall–Kier alpha value is -10.1. The van der Waals surface area contributed by atoms with E-state index in [0.717, 1.165) is 0 Å².